The molecule has 1 saturated heterocycles. The Kier molecular flexibility index (Phi) is 4.47. The number of nitrogens with two attached hydrogens (primary N) is 1. The number of rotatable bonds is 6. The SMILES string of the molecule is CCn1ncnc1CC(CC1CCCO1)NN. The van der Waals surface area contributed by atoms with Crippen molar-refractivity contribution >= 4 is 0 Å². The summed E-state index contributed by atoms with van der Waals surface area (Å²) in [4.78, 5) is 4.26. The van der Waals surface area contributed by atoms with Crippen LogP contribution < -0.4 is 11.3 Å². The fraction of sp³-hybridized carbons (Fsp3) is 0.818. The molecule has 6 nitrogen and oxygen atoms in total. The van der Waals surface area contributed by atoms with Crippen LogP contribution in [0.25, 0.3) is 0 Å². The predicted molar refractivity (Wildman–Crippen MR) is 64.1 cm³/mol. The summed E-state index contributed by atoms with van der Waals surface area (Å²) in [7, 11) is 0. The Balaban J connectivity index is 1.90. The maximum atomic E-state index is 5.62. The number of hydrogen-bond donors (Lipinski definition) is 2. The molecule has 2 heterocycles. The summed E-state index contributed by atoms with van der Waals surface area (Å²) in [5, 5.41) is 4.16. The molecule has 0 saturated carbocycles. The van der Waals surface area contributed by atoms with Crippen LogP contribution in [0.3, 0.4) is 0 Å². The number of nitrogens with one attached hydrogen (secondary N) is 1. The molecule has 3 N–H and O–H groups in total. The zero-order valence-corrected chi connectivity index (χ0v) is 10.3. The molecule has 17 heavy (non-hydrogen) atoms. The van der Waals surface area contributed by atoms with E-state index in [4.69, 9.17) is 10.6 Å². The average molecular weight is 239 g/mol. The Morgan fingerprint density at radius 3 is 3.24 bits per heavy atom. The van der Waals surface area contributed by atoms with E-state index >= 15 is 0 Å². The summed E-state index contributed by atoms with van der Waals surface area (Å²) in [6, 6.07) is 0.201. The summed E-state index contributed by atoms with van der Waals surface area (Å²) in [6.07, 6.45) is 5.97. The standard InChI is InChI=1S/C11H21N5O/c1-2-16-11(13-8-14-16)7-9(15-12)6-10-4-3-5-17-10/h8-10,15H,2-7,12H2,1H3. The largest absolute Gasteiger partial charge is 0.378 e. The first-order valence-electron chi connectivity index (χ1n) is 6.28. The van der Waals surface area contributed by atoms with Crippen LogP contribution in [-0.2, 0) is 17.7 Å². The molecule has 1 aliphatic heterocycles. The molecule has 6 heteroatoms. The molecule has 0 spiro atoms. The highest BCUT2D eigenvalue weighted by Crippen LogP contribution is 2.18. The van der Waals surface area contributed by atoms with E-state index in [-0.39, 0.29) is 6.04 Å². The number of ether oxygens (including phenoxy) is 1. The predicted octanol–water partition coefficient (Wildman–Crippen LogP) is 0.242. The smallest absolute Gasteiger partial charge is 0.138 e. The third kappa shape index (κ3) is 3.24. The van der Waals surface area contributed by atoms with E-state index in [2.05, 4.69) is 22.4 Å². The molecule has 1 fully saturated rings. The van der Waals surface area contributed by atoms with Crippen molar-refractivity contribution in [1.82, 2.24) is 20.2 Å². The molecule has 2 unspecified atom stereocenters. The van der Waals surface area contributed by atoms with Gasteiger partial charge in [-0.3, -0.25) is 16.0 Å². The third-order valence-electron chi connectivity index (χ3n) is 3.23. The van der Waals surface area contributed by atoms with Gasteiger partial charge < -0.3 is 4.74 Å². The van der Waals surface area contributed by atoms with E-state index in [1.54, 1.807) is 6.33 Å². The lowest BCUT2D eigenvalue weighted by Crippen LogP contribution is -2.39. The maximum Gasteiger partial charge on any atom is 0.138 e. The van der Waals surface area contributed by atoms with Gasteiger partial charge in [-0.25, -0.2) is 4.98 Å². The summed E-state index contributed by atoms with van der Waals surface area (Å²) in [6.45, 7) is 3.78. The highest BCUT2D eigenvalue weighted by Gasteiger charge is 2.21. The van der Waals surface area contributed by atoms with Crippen LogP contribution in [0.4, 0.5) is 0 Å². The molecule has 0 radical (unpaired) electrons. The van der Waals surface area contributed by atoms with Crippen molar-refractivity contribution in [3.63, 3.8) is 0 Å². The van der Waals surface area contributed by atoms with Gasteiger partial charge in [-0.15, -0.1) is 0 Å². The molecule has 2 atom stereocenters. The van der Waals surface area contributed by atoms with Crippen LogP contribution in [0.15, 0.2) is 6.33 Å². The Morgan fingerprint density at radius 2 is 2.59 bits per heavy atom. The van der Waals surface area contributed by atoms with Crippen molar-refractivity contribution in [2.75, 3.05) is 6.61 Å². The molecule has 0 aliphatic carbocycles. The summed E-state index contributed by atoms with van der Waals surface area (Å²) < 4.78 is 7.53. The van der Waals surface area contributed by atoms with Gasteiger partial charge in [-0.2, -0.15) is 5.10 Å². The Labute approximate surface area is 102 Å². The first-order valence-corrected chi connectivity index (χ1v) is 6.28. The molecule has 0 bridgehead atoms. The molecule has 1 aromatic heterocycles. The van der Waals surface area contributed by atoms with Crippen LogP contribution in [-0.4, -0.2) is 33.5 Å². The fourth-order valence-electron chi connectivity index (χ4n) is 2.29. The lowest BCUT2D eigenvalue weighted by molar-refractivity contribution is 0.0942. The van der Waals surface area contributed by atoms with Gasteiger partial charge in [-0.1, -0.05) is 0 Å². The van der Waals surface area contributed by atoms with Gasteiger partial charge in [0, 0.05) is 25.6 Å². The zero-order chi connectivity index (χ0) is 12.1. The van der Waals surface area contributed by atoms with Crippen LogP contribution in [0.1, 0.15) is 32.0 Å². The van der Waals surface area contributed by atoms with Crippen molar-refractivity contribution in [2.24, 2.45) is 5.84 Å². The number of hydrazine groups is 1. The summed E-state index contributed by atoms with van der Waals surface area (Å²) >= 11 is 0. The van der Waals surface area contributed by atoms with Crippen LogP contribution >= 0.6 is 0 Å². The van der Waals surface area contributed by atoms with Gasteiger partial charge in [0.1, 0.15) is 12.2 Å². The average Bonchev–Trinajstić information content (AvgIpc) is 2.99. The van der Waals surface area contributed by atoms with Crippen molar-refractivity contribution < 1.29 is 4.74 Å². The summed E-state index contributed by atoms with van der Waals surface area (Å²) in [5.74, 6) is 6.58. The van der Waals surface area contributed by atoms with Gasteiger partial charge >= 0.3 is 0 Å². The monoisotopic (exact) mass is 239 g/mol. The minimum absolute atomic E-state index is 0.201. The third-order valence-corrected chi connectivity index (χ3v) is 3.23. The van der Waals surface area contributed by atoms with Gasteiger partial charge in [-0.05, 0) is 26.2 Å². The molecule has 0 aromatic carbocycles. The minimum atomic E-state index is 0.201. The second kappa shape index (κ2) is 6.09. The number of hydrogen-bond acceptors (Lipinski definition) is 5. The molecule has 1 aromatic rings. The van der Waals surface area contributed by atoms with Crippen LogP contribution in [0.5, 0.6) is 0 Å². The lowest BCUT2D eigenvalue weighted by Gasteiger charge is -2.19. The van der Waals surface area contributed by atoms with Crippen molar-refractivity contribution in [3.8, 4) is 0 Å². The van der Waals surface area contributed by atoms with Gasteiger partial charge in [0.2, 0.25) is 0 Å². The maximum absolute atomic E-state index is 5.62. The van der Waals surface area contributed by atoms with E-state index in [9.17, 15) is 0 Å². The Hall–Kier alpha value is -0.980. The zero-order valence-electron chi connectivity index (χ0n) is 10.3. The molecular formula is C11H21N5O. The number of nitrogens with zero attached hydrogens (tertiary/aromatic N) is 3. The second-order valence-corrected chi connectivity index (χ2v) is 4.43. The van der Waals surface area contributed by atoms with E-state index in [0.29, 0.717) is 6.10 Å². The molecule has 96 valence electrons. The quantitative estimate of drug-likeness (QED) is 0.549. The molecular weight excluding hydrogens is 218 g/mol. The topological polar surface area (TPSA) is 78.0 Å². The molecule has 0 amide bonds. The normalized spacial score (nSPS) is 21.9. The Bertz CT molecular complexity index is 334. The van der Waals surface area contributed by atoms with E-state index in [0.717, 1.165) is 44.7 Å². The van der Waals surface area contributed by atoms with Gasteiger partial charge in [0.25, 0.3) is 0 Å². The lowest BCUT2D eigenvalue weighted by atomic mass is 10.0. The summed E-state index contributed by atoms with van der Waals surface area (Å²) in [5.41, 5.74) is 2.86. The van der Waals surface area contributed by atoms with Gasteiger partial charge in [0.05, 0.1) is 6.10 Å². The van der Waals surface area contributed by atoms with Gasteiger partial charge in [0.15, 0.2) is 0 Å². The van der Waals surface area contributed by atoms with E-state index < -0.39 is 0 Å². The molecule has 2 rings (SSSR count). The minimum Gasteiger partial charge on any atom is -0.378 e. The highest BCUT2D eigenvalue weighted by molar-refractivity contribution is 4.90. The van der Waals surface area contributed by atoms with Crippen molar-refractivity contribution in [3.05, 3.63) is 12.2 Å². The highest BCUT2D eigenvalue weighted by atomic mass is 16.5. The van der Waals surface area contributed by atoms with Crippen molar-refractivity contribution in [2.45, 2.75) is 51.3 Å². The molecule has 1 aliphatic rings. The number of aromatic nitrogens is 3. The first kappa shape index (κ1) is 12.5. The van der Waals surface area contributed by atoms with Crippen LogP contribution in [0.2, 0.25) is 0 Å². The fourth-order valence-corrected chi connectivity index (χ4v) is 2.29. The Morgan fingerprint density at radius 1 is 1.71 bits per heavy atom. The van der Waals surface area contributed by atoms with E-state index in [1.165, 1.54) is 0 Å². The first-order chi connectivity index (χ1) is 8.33. The second-order valence-electron chi connectivity index (χ2n) is 4.43. The number of aryl methyl sites for hydroxylation is 1. The van der Waals surface area contributed by atoms with Crippen molar-refractivity contribution in [1.29, 1.82) is 0 Å². The van der Waals surface area contributed by atoms with E-state index in [1.807, 2.05) is 4.68 Å². The van der Waals surface area contributed by atoms with Crippen LogP contribution in [0, 0.1) is 0 Å².